The van der Waals surface area contributed by atoms with Crippen LogP contribution in [0.2, 0.25) is 0 Å². The molecule has 29 heavy (non-hydrogen) atoms. The van der Waals surface area contributed by atoms with Crippen LogP contribution in [-0.4, -0.2) is 57.6 Å². The van der Waals surface area contributed by atoms with Crippen molar-refractivity contribution < 1.29 is 31.4 Å². The fourth-order valence-corrected chi connectivity index (χ4v) is 2.80. The van der Waals surface area contributed by atoms with Crippen molar-refractivity contribution in [2.24, 2.45) is 0 Å². The van der Waals surface area contributed by atoms with Gasteiger partial charge in [-0.25, -0.2) is 13.2 Å². The number of nitrogens with one attached hydrogen (secondary N) is 2. The topological polar surface area (TPSA) is 83.0 Å². The summed E-state index contributed by atoms with van der Waals surface area (Å²) < 4.78 is 81.3. The first kappa shape index (κ1) is 21.7. The summed E-state index contributed by atoms with van der Waals surface area (Å²) >= 11 is 0. The van der Waals surface area contributed by atoms with E-state index in [1.54, 1.807) is 0 Å². The maximum Gasteiger partial charge on any atom is 0.408 e. The molecule has 1 saturated carbocycles. The molecule has 158 valence electrons. The van der Waals surface area contributed by atoms with Crippen molar-refractivity contribution >= 4 is 25.3 Å². The predicted molar refractivity (Wildman–Crippen MR) is 93.1 cm³/mol. The summed E-state index contributed by atoms with van der Waals surface area (Å²) in [6.07, 6.45) is -4.91. The minimum Gasteiger partial charge on any atom is -0.387 e. The summed E-state index contributed by atoms with van der Waals surface area (Å²) in [6.45, 7) is 1.30. The van der Waals surface area contributed by atoms with Crippen LogP contribution in [0.25, 0.3) is 5.57 Å². The van der Waals surface area contributed by atoms with E-state index in [2.05, 4.69) is 25.6 Å². The van der Waals surface area contributed by atoms with Crippen molar-refractivity contribution in [2.45, 2.75) is 68.7 Å². The summed E-state index contributed by atoms with van der Waals surface area (Å²) in [4.78, 5) is 11.6. The number of nitrogens with zero attached hydrogens (tertiary/aromatic N) is 3. The molecule has 1 aromatic heterocycles. The lowest BCUT2D eigenvalue weighted by molar-refractivity contribution is -0.143. The third-order valence-electron chi connectivity index (χ3n) is 4.77. The Kier molecular flexibility index (Phi) is 5.48. The molecular weight excluding hydrogens is 403 g/mol. The SMILES string of the molecule is [B]C1(O)C(F)=C(c2nc(NC3CC3)nc(N[C@H](CC)C(F)(F)F)n2)CCC1(F)F. The van der Waals surface area contributed by atoms with Crippen LogP contribution in [0, 0.1) is 0 Å². The highest BCUT2D eigenvalue weighted by molar-refractivity contribution is 6.18. The fraction of sp³-hybridized carbons (Fsp3) is 0.688. The van der Waals surface area contributed by atoms with Gasteiger partial charge in [-0.05, 0) is 25.7 Å². The second kappa shape index (κ2) is 7.33. The van der Waals surface area contributed by atoms with Crippen LogP contribution >= 0.6 is 0 Å². The van der Waals surface area contributed by atoms with E-state index in [1.807, 2.05) is 0 Å². The Hall–Kier alpha value is -2.05. The molecule has 0 saturated heterocycles. The molecule has 1 unspecified atom stereocenters. The number of hydrogen-bond donors (Lipinski definition) is 3. The first-order valence-electron chi connectivity index (χ1n) is 8.99. The average Bonchev–Trinajstić information content (AvgIpc) is 3.41. The summed E-state index contributed by atoms with van der Waals surface area (Å²) in [6, 6.07) is -1.98. The first-order chi connectivity index (χ1) is 13.3. The molecule has 2 aliphatic rings. The molecule has 0 aromatic carbocycles. The number of allylic oxidation sites excluding steroid dienone is 1. The number of aliphatic hydroxyl groups is 1. The summed E-state index contributed by atoms with van der Waals surface area (Å²) in [5.74, 6) is -6.76. The van der Waals surface area contributed by atoms with E-state index in [-0.39, 0.29) is 18.4 Å². The van der Waals surface area contributed by atoms with E-state index in [0.29, 0.717) is 0 Å². The van der Waals surface area contributed by atoms with Gasteiger partial charge in [0.2, 0.25) is 11.9 Å². The molecule has 1 heterocycles. The Morgan fingerprint density at radius 1 is 1.21 bits per heavy atom. The van der Waals surface area contributed by atoms with E-state index in [0.717, 1.165) is 12.8 Å². The summed E-state index contributed by atoms with van der Waals surface area (Å²) in [5.41, 5.74) is -4.08. The van der Waals surface area contributed by atoms with Gasteiger partial charge in [0.15, 0.2) is 5.82 Å². The van der Waals surface area contributed by atoms with Crippen LogP contribution in [0.3, 0.4) is 0 Å². The standard InChI is InChI=1S/C16H18BF6N5O/c1-2-9(16(21,22)23)25-13-27-11(26-12(28-13)24-7-3-4-7)8-5-6-14(19,20)15(17,29)10(8)18/h7,9,29H,2-6H2,1H3,(H2,24,25,26,27,28)/t9-,15?/m1/s1. The van der Waals surface area contributed by atoms with Gasteiger partial charge in [0, 0.05) is 18.0 Å². The number of aromatic nitrogens is 3. The number of hydrogen-bond acceptors (Lipinski definition) is 6. The molecule has 13 heteroatoms. The lowest BCUT2D eigenvalue weighted by Crippen LogP contribution is -2.51. The van der Waals surface area contributed by atoms with Gasteiger partial charge in [0.1, 0.15) is 25.2 Å². The highest BCUT2D eigenvalue weighted by Crippen LogP contribution is 2.46. The molecule has 3 rings (SSSR count). The zero-order chi connectivity index (χ0) is 21.6. The van der Waals surface area contributed by atoms with Crippen molar-refractivity contribution in [1.29, 1.82) is 0 Å². The molecule has 0 amide bonds. The molecule has 1 aromatic rings. The summed E-state index contributed by atoms with van der Waals surface area (Å²) in [7, 11) is 5.07. The van der Waals surface area contributed by atoms with Crippen LogP contribution in [0.4, 0.5) is 38.2 Å². The molecule has 0 spiro atoms. The van der Waals surface area contributed by atoms with Crippen LogP contribution in [-0.2, 0) is 0 Å². The fourth-order valence-electron chi connectivity index (χ4n) is 2.80. The maximum atomic E-state index is 14.6. The van der Waals surface area contributed by atoms with Crippen LogP contribution in [0.15, 0.2) is 5.83 Å². The maximum absolute atomic E-state index is 14.6. The van der Waals surface area contributed by atoms with Gasteiger partial charge in [0.25, 0.3) is 5.92 Å². The lowest BCUT2D eigenvalue weighted by atomic mass is 9.68. The molecule has 0 bridgehead atoms. The Labute approximate surface area is 163 Å². The second-order valence-electron chi connectivity index (χ2n) is 7.13. The highest BCUT2D eigenvalue weighted by atomic mass is 19.4. The normalized spacial score (nSPS) is 25.7. The van der Waals surface area contributed by atoms with Gasteiger partial charge in [-0.3, -0.25) is 0 Å². The molecule has 0 aliphatic heterocycles. The van der Waals surface area contributed by atoms with E-state index in [4.69, 9.17) is 7.85 Å². The molecule has 2 atom stereocenters. The van der Waals surface area contributed by atoms with Gasteiger partial charge in [0.05, 0.1) is 0 Å². The zero-order valence-electron chi connectivity index (χ0n) is 15.3. The molecule has 3 N–H and O–H groups in total. The number of rotatable bonds is 6. The van der Waals surface area contributed by atoms with E-state index < -0.39 is 59.7 Å². The Bertz CT molecular complexity index is 811. The van der Waals surface area contributed by atoms with Crippen molar-refractivity contribution in [3.63, 3.8) is 0 Å². The van der Waals surface area contributed by atoms with Gasteiger partial charge in [-0.15, -0.1) is 0 Å². The van der Waals surface area contributed by atoms with Crippen LogP contribution in [0.1, 0.15) is 44.9 Å². The number of anilines is 2. The lowest BCUT2D eigenvalue weighted by Gasteiger charge is -2.36. The first-order valence-corrected chi connectivity index (χ1v) is 8.99. The molecule has 2 radical (unpaired) electrons. The molecule has 2 aliphatic carbocycles. The minimum atomic E-state index is -4.60. The van der Waals surface area contributed by atoms with Gasteiger partial charge < -0.3 is 15.7 Å². The van der Waals surface area contributed by atoms with Gasteiger partial charge >= 0.3 is 6.18 Å². The number of halogens is 6. The summed E-state index contributed by atoms with van der Waals surface area (Å²) in [5, 5.41) is 14.7. The van der Waals surface area contributed by atoms with E-state index in [1.165, 1.54) is 6.92 Å². The average molecular weight is 421 g/mol. The van der Waals surface area contributed by atoms with Crippen molar-refractivity contribution in [2.75, 3.05) is 10.6 Å². The van der Waals surface area contributed by atoms with Crippen LogP contribution < -0.4 is 10.6 Å². The Balaban J connectivity index is 2.02. The quantitative estimate of drug-likeness (QED) is 0.484. The molecular formula is C16H18BF6N5O. The van der Waals surface area contributed by atoms with Crippen LogP contribution in [0.5, 0.6) is 0 Å². The Morgan fingerprint density at radius 2 is 1.83 bits per heavy atom. The van der Waals surface area contributed by atoms with E-state index >= 15 is 0 Å². The van der Waals surface area contributed by atoms with Crippen molar-refractivity contribution in [3.05, 3.63) is 11.7 Å². The van der Waals surface area contributed by atoms with Crippen molar-refractivity contribution in [1.82, 2.24) is 15.0 Å². The van der Waals surface area contributed by atoms with Gasteiger partial charge in [-0.2, -0.15) is 28.1 Å². The zero-order valence-corrected chi connectivity index (χ0v) is 15.3. The predicted octanol–water partition coefficient (Wildman–Crippen LogP) is 3.17. The largest absolute Gasteiger partial charge is 0.408 e. The van der Waals surface area contributed by atoms with Gasteiger partial charge in [-0.1, -0.05) is 6.92 Å². The smallest absolute Gasteiger partial charge is 0.387 e. The third-order valence-corrected chi connectivity index (χ3v) is 4.77. The minimum absolute atomic E-state index is 0.00337. The van der Waals surface area contributed by atoms with E-state index in [9.17, 15) is 31.4 Å². The second-order valence-corrected chi connectivity index (χ2v) is 7.13. The molecule has 1 fully saturated rings. The monoisotopic (exact) mass is 421 g/mol. The Morgan fingerprint density at radius 3 is 2.38 bits per heavy atom. The molecule has 6 nitrogen and oxygen atoms in total. The third kappa shape index (κ3) is 4.43. The highest BCUT2D eigenvalue weighted by Gasteiger charge is 2.55. The number of alkyl halides is 5. The van der Waals surface area contributed by atoms with Crippen molar-refractivity contribution in [3.8, 4) is 0 Å².